The summed E-state index contributed by atoms with van der Waals surface area (Å²) in [5.41, 5.74) is 2.18. The van der Waals surface area contributed by atoms with Gasteiger partial charge in [-0.05, 0) is 53.4 Å². The number of benzene rings is 1. The Morgan fingerprint density at radius 3 is 2.69 bits per heavy atom. The Morgan fingerprint density at radius 1 is 1.15 bits per heavy atom. The number of thiophene rings is 1. The maximum Gasteiger partial charge on any atom is 0.241 e. The fourth-order valence-corrected chi connectivity index (χ4v) is 3.62. The molecule has 1 aromatic carbocycles. The van der Waals surface area contributed by atoms with Gasteiger partial charge in [0.2, 0.25) is 11.7 Å². The molecule has 3 aromatic rings. The van der Waals surface area contributed by atoms with Gasteiger partial charge in [-0.25, -0.2) is 0 Å². The highest BCUT2D eigenvalue weighted by atomic mass is 32.1. The number of rotatable bonds is 8. The highest BCUT2D eigenvalue weighted by Crippen LogP contribution is 2.32. The topological polar surface area (TPSA) is 60.6 Å². The lowest BCUT2D eigenvalue weighted by atomic mass is 10.2. The largest absolute Gasteiger partial charge is 0.493 e. The van der Waals surface area contributed by atoms with Crippen molar-refractivity contribution in [3.8, 4) is 22.9 Å². The molecule has 2 heterocycles. The van der Waals surface area contributed by atoms with Crippen molar-refractivity contribution in [1.29, 1.82) is 0 Å². The summed E-state index contributed by atoms with van der Waals surface area (Å²) in [4.78, 5) is 6.99. The molecule has 1 aliphatic carbocycles. The molecule has 0 unspecified atom stereocenters. The zero-order valence-electron chi connectivity index (χ0n) is 14.8. The molecule has 0 N–H and O–H groups in total. The Balaban J connectivity index is 1.50. The third kappa shape index (κ3) is 3.73. The third-order valence-corrected chi connectivity index (χ3v) is 5.21. The zero-order chi connectivity index (χ0) is 17.9. The predicted molar refractivity (Wildman–Crippen MR) is 99.4 cm³/mol. The molecule has 1 saturated carbocycles. The van der Waals surface area contributed by atoms with Crippen LogP contribution in [0, 0.1) is 0 Å². The first kappa shape index (κ1) is 17.1. The van der Waals surface area contributed by atoms with Gasteiger partial charge in [0.1, 0.15) is 0 Å². The highest BCUT2D eigenvalue weighted by Gasteiger charge is 2.30. The summed E-state index contributed by atoms with van der Waals surface area (Å²) in [7, 11) is 3.23. The van der Waals surface area contributed by atoms with Gasteiger partial charge in [-0.3, -0.25) is 4.90 Å². The summed E-state index contributed by atoms with van der Waals surface area (Å²) in [5, 5.41) is 8.45. The average Bonchev–Trinajstić information content (AvgIpc) is 3.20. The number of nitrogens with zero attached hydrogens (tertiary/aromatic N) is 3. The standard InChI is InChI=1S/C19H21N3O3S/c1-23-16-6-3-14(9-17(16)24-2)19-20-18(25-21-19)11-22(15-4-5-15)10-13-7-8-26-12-13/h3,6-9,12,15H,4-5,10-11H2,1-2H3. The molecule has 7 heteroatoms. The van der Waals surface area contributed by atoms with Crippen molar-refractivity contribution in [3.63, 3.8) is 0 Å². The molecule has 136 valence electrons. The van der Waals surface area contributed by atoms with Crippen LogP contribution in [0.25, 0.3) is 11.4 Å². The van der Waals surface area contributed by atoms with Crippen molar-refractivity contribution < 1.29 is 14.0 Å². The lowest BCUT2D eigenvalue weighted by Crippen LogP contribution is -2.25. The minimum absolute atomic E-state index is 0.562. The molecule has 0 amide bonds. The summed E-state index contributed by atoms with van der Waals surface area (Å²) in [6.45, 7) is 1.59. The first-order valence-corrected chi connectivity index (χ1v) is 9.51. The quantitative estimate of drug-likeness (QED) is 0.597. The molecule has 0 bridgehead atoms. The molecule has 0 saturated heterocycles. The second-order valence-electron chi connectivity index (χ2n) is 6.35. The van der Waals surface area contributed by atoms with E-state index in [9.17, 15) is 0 Å². The van der Waals surface area contributed by atoms with E-state index in [2.05, 4.69) is 31.9 Å². The number of aromatic nitrogens is 2. The van der Waals surface area contributed by atoms with Crippen LogP contribution in [0.3, 0.4) is 0 Å². The molecule has 0 aliphatic heterocycles. The molecular weight excluding hydrogens is 350 g/mol. The van der Waals surface area contributed by atoms with Gasteiger partial charge >= 0.3 is 0 Å². The van der Waals surface area contributed by atoms with E-state index in [1.807, 2.05) is 18.2 Å². The second-order valence-corrected chi connectivity index (χ2v) is 7.13. The van der Waals surface area contributed by atoms with Gasteiger partial charge in [0.15, 0.2) is 11.5 Å². The first-order valence-electron chi connectivity index (χ1n) is 8.57. The maximum absolute atomic E-state index is 5.50. The van der Waals surface area contributed by atoms with Crippen molar-refractivity contribution in [3.05, 3.63) is 46.5 Å². The minimum Gasteiger partial charge on any atom is -0.493 e. The van der Waals surface area contributed by atoms with Crippen LogP contribution in [-0.4, -0.2) is 35.3 Å². The van der Waals surface area contributed by atoms with E-state index in [1.165, 1.54) is 18.4 Å². The SMILES string of the molecule is COc1ccc(-c2noc(CN(Cc3ccsc3)C3CC3)n2)cc1OC. The number of hydrogen-bond acceptors (Lipinski definition) is 7. The van der Waals surface area contributed by atoms with Crippen molar-refractivity contribution in [2.75, 3.05) is 14.2 Å². The highest BCUT2D eigenvalue weighted by molar-refractivity contribution is 7.07. The van der Waals surface area contributed by atoms with Gasteiger partial charge in [0, 0.05) is 18.2 Å². The summed E-state index contributed by atoms with van der Waals surface area (Å²) >= 11 is 1.73. The Bertz CT molecular complexity index is 859. The van der Waals surface area contributed by atoms with Gasteiger partial charge in [-0.1, -0.05) is 5.16 Å². The third-order valence-electron chi connectivity index (χ3n) is 4.48. The van der Waals surface area contributed by atoms with Gasteiger partial charge in [0.25, 0.3) is 0 Å². The van der Waals surface area contributed by atoms with Crippen molar-refractivity contribution >= 4 is 11.3 Å². The maximum atomic E-state index is 5.50. The van der Waals surface area contributed by atoms with Crippen LogP contribution < -0.4 is 9.47 Å². The monoisotopic (exact) mass is 371 g/mol. The van der Waals surface area contributed by atoms with E-state index in [4.69, 9.17) is 14.0 Å². The van der Waals surface area contributed by atoms with Gasteiger partial charge < -0.3 is 14.0 Å². The van der Waals surface area contributed by atoms with Crippen molar-refractivity contribution in [1.82, 2.24) is 15.0 Å². The van der Waals surface area contributed by atoms with Crippen molar-refractivity contribution in [2.45, 2.75) is 32.0 Å². The second kappa shape index (κ2) is 7.47. The van der Waals surface area contributed by atoms with E-state index < -0.39 is 0 Å². The number of hydrogen-bond donors (Lipinski definition) is 0. The number of methoxy groups -OCH3 is 2. The summed E-state index contributed by atoms with van der Waals surface area (Å²) in [6, 6.07) is 8.39. The molecule has 0 atom stereocenters. The molecule has 0 spiro atoms. The molecule has 0 radical (unpaired) electrons. The average molecular weight is 371 g/mol. The zero-order valence-corrected chi connectivity index (χ0v) is 15.7. The van der Waals surface area contributed by atoms with Gasteiger partial charge in [-0.2, -0.15) is 16.3 Å². The summed E-state index contributed by atoms with van der Waals surface area (Å²) in [5.74, 6) is 2.52. The lowest BCUT2D eigenvalue weighted by Gasteiger charge is -2.18. The van der Waals surface area contributed by atoms with Crippen LogP contribution in [0.2, 0.25) is 0 Å². The molecule has 4 rings (SSSR count). The van der Waals surface area contributed by atoms with E-state index in [0.29, 0.717) is 35.8 Å². The molecule has 1 aliphatic rings. The van der Waals surface area contributed by atoms with Crippen LogP contribution in [0.1, 0.15) is 24.3 Å². The summed E-state index contributed by atoms with van der Waals surface area (Å²) in [6.07, 6.45) is 2.47. The molecule has 6 nitrogen and oxygen atoms in total. The minimum atomic E-state index is 0.562. The van der Waals surface area contributed by atoms with Crippen LogP contribution in [-0.2, 0) is 13.1 Å². The van der Waals surface area contributed by atoms with Crippen LogP contribution in [0.4, 0.5) is 0 Å². The van der Waals surface area contributed by atoms with E-state index in [-0.39, 0.29) is 0 Å². The predicted octanol–water partition coefficient (Wildman–Crippen LogP) is 3.98. The fourth-order valence-electron chi connectivity index (χ4n) is 2.96. The Morgan fingerprint density at radius 2 is 2.00 bits per heavy atom. The lowest BCUT2D eigenvalue weighted by molar-refractivity contribution is 0.210. The summed E-state index contributed by atoms with van der Waals surface area (Å²) < 4.78 is 16.1. The number of ether oxygens (including phenoxy) is 2. The normalized spacial score (nSPS) is 14.0. The fraction of sp³-hybridized carbons (Fsp3) is 0.368. The molecule has 2 aromatic heterocycles. The molecule has 26 heavy (non-hydrogen) atoms. The first-order chi connectivity index (χ1) is 12.8. The molecule has 1 fully saturated rings. The Kier molecular flexibility index (Phi) is 4.90. The Labute approximate surface area is 156 Å². The van der Waals surface area contributed by atoms with E-state index in [0.717, 1.165) is 12.1 Å². The van der Waals surface area contributed by atoms with Crippen molar-refractivity contribution in [2.24, 2.45) is 0 Å². The van der Waals surface area contributed by atoms with Gasteiger partial charge in [-0.15, -0.1) is 0 Å². The van der Waals surface area contributed by atoms with Gasteiger partial charge in [0.05, 0.1) is 20.8 Å². The van der Waals surface area contributed by atoms with Crippen LogP contribution in [0.15, 0.2) is 39.5 Å². The van der Waals surface area contributed by atoms with Crippen LogP contribution in [0.5, 0.6) is 11.5 Å². The Hall–Kier alpha value is -2.38. The van der Waals surface area contributed by atoms with Crippen LogP contribution >= 0.6 is 11.3 Å². The van der Waals surface area contributed by atoms with E-state index in [1.54, 1.807) is 25.6 Å². The smallest absolute Gasteiger partial charge is 0.241 e. The van der Waals surface area contributed by atoms with E-state index >= 15 is 0 Å². The molecular formula is C19H21N3O3S.